The number of benzene rings is 2. The fraction of sp³-hybridized carbons (Fsp3) is 0.133. The number of rotatable bonds is 3. The number of hydrogen-bond acceptors (Lipinski definition) is 3. The van der Waals surface area contributed by atoms with Gasteiger partial charge in [-0.05, 0) is 42.5 Å². The molecule has 2 aromatic carbocycles. The third-order valence-corrected chi connectivity index (χ3v) is 2.82. The van der Waals surface area contributed by atoms with Crippen molar-refractivity contribution in [1.29, 1.82) is 5.26 Å². The predicted octanol–water partition coefficient (Wildman–Crippen LogP) is 4.33. The highest BCUT2D eigenvalue weighted by atomic mass is 19.4. The first-order valence-electron chi connectivity index (χ1n) is 5.96. The van der Waals surface area contributed by atoms with Crippen LogP contribution in [0.1, 0.15) is 11.1 Å². The molecular formula is C15H11F3N2O. The van der Waals surface area contributed by atoms with Crippen LogP contribution in [-0.2, 0) is 6.18 Å². The third-order valence-electron chi connectivity index (χ3n) is 2.82. The van der Waals surface area contributed by atoms with Gasteiger partial charge in [-0.25, -0.2) is 0 Å². The van der Waals surface area contributed by atoms with Crippen molar-refractivity contribution in [2.75, 3.05) is 12.4 Å². The van der Waals surface area contributed by atoms with Crippen LogP contribution in [0, 0.1) is 11.3 Å². The number of nitriles is 1. The van der Waals surface area contributed by atoms with Crippen LogP contribution in [0.2, 0.25) is 0 Å². The van der Waals surface area contributed by atoms with Crippen molar-refractivity contribution in [1.82, 2.24) is 0 Å². The van der Waals surface area contributed by atoms with E-state index in [-0.39, 0.29) is 5.69 Å². The number of alkyl halides is 3. The Morgan fingerprint density at radius 2 is 1.67 bits per heavy atom. The minimum atomic E-state index is -4.57. The number of ether oxygens (including phenoxy) is 1. The molecule has 0 saturated carbocycles. The number of methoxy groups -OCH3 is 1. The first-order chi connectivity index (χ1) is 9.94. The van der Waals surface area contributed by atoms with E-state index in [4.69, 9.17) is 10.00 Å². The maximum Gasteiger partial charge on any atom is 0.417 e. The predicted molar refractivity (Wildman–Crippen MR) is 72.4 cm³/mol. The van der Waals surface area contributed by atoms with Gasteiger partial charge in [0, 0.05) is 11.4 Å². The van der Waals surface area contributed by atoms with Crippen molar-refractivity contribution in [3.05, 3.63) is 53.6 Å². The van der Waals surface area contributed by atoms with Gasteiger partial charge in [-0.2, -0.15) is 18.4 Å². The smallest absolute Gasteiger partial charge is 0.417 e. The van der Waals surface area contributed by atoms with Crippen LogP contribution in [0.15, 0.2) is 42.5 Å². The molecular weight excluding hydrogens is 281 g/mol. The lowest BCUT2D eigenvalue weighted by molar-refractivity contribution is -0.137. The summed E-state index contributed by atoms with van der Waals surface area (Å²) in [5.74, 6) is 0.649. The molecule has 0 aromatic heterocycles. The molecule has 0 bridgehead atoms. The average Bonchev–Trinajstić information content (AvgIpc) is 2.47. The summed E-state index contributed by atoms with van der Waals surface area (Å²) in [6.45, 7) is 0. The summed E-state index contributed by atoms with van der Waals surface area (Å²) in [5, 5.41) is 11.6. The van der Waals surface area contributed by atoms with E-state index in [1.165, 1.54) is 13.2 Å². The number of nitrogens with one attached hydrogen (secondary N) is 1. The summed E-state index contributed by atoms with van der Waals surface area (Å²) in [6, 6.07) is 11.8. The zero-order chi connectivity index (χ0) is 15.5. The summed E-state index contributed by atoms with van der Waals surface area (Å²) in [7, 11) is 1.53. The van der Waals surface area contributed by atoms with E-state index in [0.29, 0.717) is 11.4 Å². The molecule has 2 aromatic rings. The second-order valence-electron chi connectivity index (χ2n) is 4.22. The van der Waals surface area contributed by atoms with Gasteiger partial charge in [-0.1, -0.05) is 0 Å². The zero-order valence-electron chi connectivity index (χ0n) is 11.0. The number of hydrogen-bond donors (Lipinski definition) is 1. The van der Waals surface area contributed by atoms with E-state index < -0.39 is 17.3 Å². The highest BCUT2D eigenvalue weighted by Crippen LogP contribution is 2.34. The molecule has 0 heterocycles. The topological polar surface area (TPSA) is 45.0 Å². The van der Waals surface area contributed by atoms with E-state index >= 15 is 0 Å². The second kappa shape index (κ2) is 5.75. The molecule has 0 spiro atoms. The molecule has 3 nitrogen and oxygen atoms in total. The van der Waals surface area contributed by atoms with Gasteiger partial charge in [-0.15, -0.1) is 0 Å². The van der Waals surface area contributed by atoms with Crippen molar-refractivity contribution in [2.45, 2.75) is 6.18 Å². The summed E-state index contributed by atoms with van der Waals surface area (Å²) in [4.78, 5) is 0. The van der Waals surface area contributed by atoms with Crippen molar-refractivity contribution < 1.29 is 17.9 Å². The van der Waals surface area contributed by atoms with E-state index in [2.05, 4.69) is 5.32 Å². The van der Waals surface area contributed by atoms with Crippen LogP contribution in [0.5, 0.6) is 5.75 Å². The van der Waals surface area contributed by atoms with Gasteiger partial charge in [0.15, 0.2) is 0 Å². The Labute approximate surface area is 119 Å². The van der Waals surface area contributed by atoms with E-state index in [1.807, 2.05) is 0 Å². The Morgan fingerprint density at radius 1 is 1.05 bits per heavy atom. The molecule has 0 fully saturated rings. The summed E-state index contributed by atoms with van der Waals surface area (Å²) < 4.78 is 43.6. The first kappa shape index (κ1) is 14.7. The standard InChI is InChI=1S/C15H11F3N2O/c1-21-13-6-4-11(5-7-13)20-12-3-2-10(9-19)14(8-12)15(16,17)18/h2-8,20H,1H3. The van der Waals surface area contributed by atoms with Gasteiger partial charge in [0.05, 0.1) is 24.3 Å². The van der Waals surface area contributed by atoms with Crippen LogP contribution in [0.3, 0.4) is 0 Å². The highest BCUT2D eigenvalue weighted by Gasteiger charge is 2.33. The molecule has 0 saturated heterocycles. The average molecular weight is 292 g/mol. The van der Waals surface area contributed by atoms with Crippen molar-refractivity contribution >= 4 is 11.4 Å². The lowest BCUT2D eigenvalue weighted by Gasteiger charge is -2.12. The van der Waals surface area contributed by atoms with Crippen LogP contribution in [0.4, 0.5) is 24.5 Å². The zero-order valence-corrected chi connectivity index (χ0v) is 11.0. The molecule has 1 N–H and O–H groups in total. The Hall–Kier alpha value is -2.68. The highest BCUT2D eigenvalue weighted by molar-refractivity contribution is 5.63. The van der Waals surface area contributed by atoms with Crippen molar-refractivity contribution in [3.8, 4) is 11.8 Å². The molecule has 0 unspecified atom stereocenters. The fourth-order valence-electron chi connectivity index (χ4n) is 1.80. The quantitative estimate of drug-likeness (QED) is 0.915. The molecule has 6 heteroatoms. The number of anilines is 2. The van der Waals surface area contributed by atoms with Gasteiger partial charge in [0.1, 0.15) is 5.75 Å². The summed E-state index contributed by atoms with van der Waals surface area (Å²) in [6.07, 6.45) is -4.57. The largest absolute Gasteiger partial charge is 0.497 e. The first-order valence-corrected chi connectivity index (χ1v) is 5.96. The van der Waals surface area contributed by atoms with Crippen LogP contribution in [-0.4, -0.2) is 7.11 Å². The molecule has 0 radical (unpaired) electrons. The monoisotopic (exact) mass is 292 g/mol. The van der Waals surface area contributed by atoms with Gasteiger partial charge in [0.25, 0.3) is 0 Å². The van der Waals surface area contributed by atoms with E-state index in [1.54, 1.807) is 30.3 Å². The third kappa shape index (κ3) is 3.45. The van der Waals surface area contributed by atoms with Gasteiger partial charge < -0.3 is 10.1 Å². The Morgan fingerprint density at radius 3 is 2.19 bits per heavy atom. The molecule has 0 aliphatic heterocycles. The van der Waals surface area contributed by atoms with Crippen LogP contribution < -0.4 is 10.1 Å². The van der Waals surface area contributed by atoms with Gasteiger partial charge >= 0.3 is 6.18 Å². The van der Waals surface area contributed by atoms with E-state index in [9.17, 15) is 13.2 Å². The molecule has 0 aliphatic carbocycles. The molecule has 21 heavy (non-hydrogen) atoms. The minimum absolute atomic E-state index is 0.256. The van der Waals surface area contributed by atoms with Crippen LogP contribution >= 0.6 is 0 Å². The maximum atomic E-state index is 12.9. The lowest BCUT2D eigenvalue weighted by atomic mass is 10.1. The Kier molecular flexibility index (Phi) is 4.03. The normalized spacial score (nSPS) is 10.8. The summed E-state index contributed by atoms with van der Waals surface area (Å²) in [5.41, 5.74) is -0.480. The number of halogens is 3. The van der Waals surface area contributed by atoms with Crippen LogP contribution in [0.25, 0.3) is 0 Å². The summed E-state index contributed by atoms with van der Waals surface area (Å²) >= 11 is 0. The minimum Gasteiger partial charge on any atom is -0.497 e. The van der Waals surface area contributed by atoms with Crippen molar-refractivity contribution in [3.63, 3.8) is 0 Å². The van der Waals surface area contributed by atoms with Crippen molar-refractivity contribution in [2.24, 2.45) is 0 Å². The molecule has 0 amide bonds. The molecule has 108 valence electrons. The molecule has 0 aliphatic rings. The van der Waals surface area contributed by atoms with E-state index in [0.717, 1.165) is 12.1 Å². The molecule has 0 atom stereocenters. The van der Waals surface area contributed by atoms with Gasteiger partial charge in [0.2, 0.25) is 0 Å². The second-order valence-corrected chi connectivity index (χ2v) is 4.22. The maximum absolute atomic E-state index is 12.9. The molecule has 2 rings (SSSR count). The lowest BCUT2D eigenvalue weighted by Crippen LogP contribution is -2.08. The number of nitrogens with zero attached hydrogens (tertiary/aromatic N) is 1. The fourth-order valence-corrected chi connectivity index (χ4v) is 1.80. The Bertz CT molecular complexity index is 673. The Balaban J connectivity index is 2.30. The van der Waals surface area contributed by atoms with Gasteiger partial charge in [-0.3, -0.25) is 0 Å². The SMILES string of the molecule is COc1ccc(Nc2ccc(C#N)c(C(F)(F)F)c2)cc1.